The van der Waals surface area contributed by atoms with E-state index in [-0.39, 0.29) is 0 Å². The van der Waals surface area contributed by atoms with E-state index in [9.17, 15) is 0 Å². The van der Waals surface area contributed by atoms with Crippen molar-refractivity contribution in [3.05, 3.63) is 35.0 Å². The first-order valence-corrected chi connectivity index (χ1v) is 3.99. The maximum Gasteiger partial charge on any atom is 0.163 e. The summed E-state index contributed by atoms with van der Waals surface area (Å²) < 4.78 is 5.62. The molecule has 1 aromatic heterocycles. The van der Waals surface area contributed by atoms with Crippen molar-refractivity contribution in [1.82, 2.24) is 4.98 Å². The van der Waals surface area contributed by atoms with Crippen molar-refractivity contribution >= 4 is 21.9 Å². The second kappa shape index (κ2) is 1.29. The molecular formula is C10H5NO. The largest absolute Gasteiger partial charge is 0.454 e. The van der Waals surface area contributed by atoms with Crippen LogP contribution >= 0.6 is 0 Å². The van der Waals surface area contributed by atoms with E-state index in [0.29, 0.717) is 0 Å². The Morgan fingerprint density at radius 2 is 2.00 bits per heavy atom. The number of hydrogen-bond acceptors (Lipinski definition) is 1. The highest BCUT2D eigenvalue weighted by atomic mass is 16.3. The van der Waals surface area contributed by atoms with Gasteiger partial charge in [-0.2, -0.15) is 0 Å². The van der Waals surface area contributed by atoms with Gasteiger partial charge in [-0.1, -0.05) is 18.2 Å². The Kier molecular flexibility index (Phi) is 0.541. The van der Waals surface area contributed by atoms with Crippen LogP contribution < -0.4 is 0 Å². The lowest BCUT2D eigenvalue weighted by atomic mass is 10.1. The molecule has 2 nitrogen and oxygen atoms in total. The molecule has 0 bridgehead atoms. The second-order valence-corrected chi connectivity index (χ2v) is 3.18. The Morgan fingerprint density at radius 3 is 3.00 bits per heavy atom. The molecule has 2 aromatic rings. The van der Waals surface area contributed by atoms with Crippen LogP contribution in [-0.2, 0) is 0 Å². The molecule has 1 aliphatic carbocycles. The fraction of sp³-hybridized carbons (Fsp3) is 0. The molecule has 0 atom stereocenters. The van der Waals surface area contributed by atoms with Gasteiger partial charge in [-0.25, -0.2) is 0 Å². The summed E-state index contributed by atoms with van der Waals surface area (Å²) in [7, 11) is 0. The Morgan fingerprint density at radius 1 is 1.08 bits per heavy atom. The third-order valence-electron chi connectivity index (χ3n) is 2.51. The van der Waals surface area contributed by atoms with Crippen LogP contribution in [0.15, 0.2) is 28.7 Å². The normalized spacial score (nSPS) is 13.0. The summed E-state index contributed by atoms with van der Waals surface area (Å²) in [5.41, 5.74) is 2.04. The monoisotopic (exact) mass is 155 g/mol. The highest BCUT2D eigenvalue weighted by Gasteiger charge is 2.20. The Bertz CT molecular complexity index is 702. The first-order chi connectivity index (χ1) is 5.95. The molecule has 0 saturated heterocycles. The van der Waals surface area contributed by atoms with Crippen LogP contribution in [0.25, 0.3) is 21.9 Å². The molecule has 0 amide bonds. The zero-order valence-corrected chi connectivity index (χ0v) is 6.22. The first-order valence-electron chi connectivity index (χ1n) is 3.99. The maximum absolute atomic E-state index is 5.62. The van der Waals surface area contributed by atoms with Gasteiger partial charge in [0.15, 0.2) is 5.58 Å². The SMILES string of the molecule is c1ccc2c(c1)oc1c3[nH]c=3c12. The summed E-state index contributed by atoms with van der Waals surface area (Å²) in [4.78, 5) is 3.18. The van der Waals surface area contributed by atoms with Crippen LogP contribution in [0, 0.1) is 10.7 Å². The lowest BCUT2D eigenvalue weighted by Gasteiger charge is -1.83. The fourth-order valence-electron chi connectivity index (χ4n) is 1.86. The highest BCUT2D eigenvalue weighted by molar-refractivity contribution is 6.08. The van der Waals surface area contributed by atoms with Crippen LogP contribution in [0.3, 0.4) is 0 Å². The van der Waals surface area contributed by atoms with E-state index >= 15 is 0 Å². The van der Waals surface area contributed by atoms with Crippen molar-refractivity contribution in [3.8, 4) is 0 Å². The second-order valence-electron chi connectivity index (χ2n) is 3.18. The molecule has 0 saturated carbocycles. The maximum atomic E-state index is 5.62. The van der Waals surface area contributed by atoms with Crippen molar-refractivity contribution in [1.29, 1.82) is 0 Å². The van der Waals surface area contributed by atoms with Crippen molar-refractivity contribution in [2.45, 2.75) is 0 Å². The Balaban J connectivity index is 2.49. The van der Waals surface area contributed by atoms with Gasteiger partial charge in [-0.05, 0) is 6.07 Å². The van der Waals surface area contributed by atoms with E-state index in [1.54, 1.807) is 0 Å². The van der Waals surface area contributed by atoms with Gasteiger partial charge >= 0.3 is 0 Å². The summed E-state index contributed by atoms with van der Waals surface area (Å²) in [5.74, 6) is 0. The number of benzene rings is 1. The quantitative estimate of drug-likeness (QED) is 0.415. The highest BCUT2D eigenvalue weighted by Crippen LogP contribution is 2.36. The van der Waals surface area contributed by atoms with Crippen molar-refractivity contribution < 1.29 is 4.42 Å². The molecule has 0 unspecified atom stereocenters. The number of para-hydroxylation sites is 1. The summed E-state index contributed by atoms with van der Waals surface area (Å²) in [5, 5.41) is 5.01. The molecule has 56 valence electrons. The zero-order valence-electron chi connectivity index (χ0n) is 6.22. The van der Waals surface area contributed by atoms with Gasteiger partial charge in [0.1, 0.15) is 10.9 Å². The molecule has 1 aliphatic heterocycles. The van der Waals surface area contributed by atoms with Gasteiger partial charge in [0.05, 0.1) is 10.7 Å². The molecule has 0 spiro atoms. The molecule has 0 radical (unpaired) electrons. The number of furan rings is 1. The number of aromatic amines is 1. The number of hydrogen-bond donors (Lipinski definition) is 1. The van der Waals surface area contributed by atoms with E-state index < -0.39 is 0 Å². The third-order valence-corrected chi connectivity index (χ3v) is 2.51. The minimum Gasteiger partial charge on any atom is -0.454 e. The fourth-order valence-corrected chi connectivity index (χ4v) is 1.86. The summed E-state index contributed by atoms with van der Waals surface area (Å²) in [6.07, 6.45) is 0. The van der Waals surface area contributed by atoms with Crippen molar-refractivity contribution in [2.24, 2.45) is 0 Å². The predicted molar refractivity (Wildman–Crippen MR) is 45.7 cm³/mol. The van der Waals surface area contributed by atoms with E-state index in [2.05, 4.69) is 11.1 Å². The van der Waals surface area contributed by atoms with Crippen molar-refractivity contribution in [3.63, 3.8) is 0 Å². The molecule has 2 heteroatoms. The Labute approximate surface area is 67.1 Å². The minimum absolute atomic E-state index is 0.997. The van der Waals surface area contributed by atoms with Gasteiger partial charge < -0.3 is 9.40 Å². The molecule has 0 fully saturated rings. The topological polar surface area (TPSA) is 28.9 Å². The van der Waals surface area contributed by atoms with Gasteiger partial charge in [-0.15, -0.1) is 0 Å². The summed E-state index contributed by atoms with van der Waals surface area (Å²) in [6.45, 7) is 0. The van der Waals surface area contributed by atoms with Crippen LogP contribution in [0.5, 0.6) is 0 Å². The lowest BCUT2D eigenvalue weighted by Crippen LogP contribution is -1.64. The van der Waals surface area contributed by atoms with Gasteiger partial charge in [0.25, 0.3) is 0 Å². The molecule has 12 heavy (non-hydrogen) atoms. The van der Waals surface area contributed by atoms with Crippen LogP contribution in [-0.4, -0.2) is 4.98 Å². The average Bonchev–Trinajstić information content (AvgIpc) is 2.70. The standard InChI is InChI=1S/C10H5NO/c1-2-4-6-5(3-1)7-8-9(11-8)10(7)12-6/h1-4,11H. The molecule has 4 rings (SSSR count). The average molecular weight is 155 g/mol. The number of aromatic nitrogens is 1. The smallest absolute Gasteiger partial charge is 0.163 e. The Hall–Kier alpha value is -1.70. The predicted octanol–water partition coefficient (Wildman–Crippen LogP) is 2.51. The van der Waals surface area contributed by atoms with Gasteiger partial charge in [-0.3, -0.25) is 0 Å². The summed E-state index contributed by atoms with van der Waals surface area (Å²) >= 11 is 0. The molecule has 1 aromatic carbocycles. The van der Waals surface area contributed by atoms with Crippen molar-refractivity contribution in [2.75, 3.05) is 0 Å². The van der Waals surface area contributed by atoms with Crippen LogP contribution in [0.4, 0.5) is 0 Å². The van der Waals surface area contributed by atoms with E-state index in [4.69, 9.17) is 4.42 Å². The number of fused-ring (bicyclic) bond motifs is 5. The lowest BCUT2D eigenvalue weighted by molar-refractivity contribution is 0.666. The van der Waals surface area contributed by atoms with E-state index in [1.165, 1.54) is 21.5 Å². The molecule has 2 aliphatic rings. The number of nitrogens with one attached hydrogen (secondary N) is 1. The number of H-pyrrole nitrogens is 1. The first kappa shape index (κ1) is 5.04. The van der Waals surface area contributed by atoms with Gasteiger partial charge in [0.2, 0.25) is 0 Å². The zero-order chi connectivity index (χ0) is 7.71. The molecular weight excluding hydrogens is 150 g/mol. The minimum atomic E-state index is 0.997. The third kappa shape index (κ3) is 0.355. The number of rotatable bonds is 0. The summed E-state index contributed by atoms with van der Waals surface area (Å²) in [6, 6.07) is 8.15. The van der Waals surface area contributed by atoms with Crippen LogP contribution in [0.1, 0.15) is 0 Å². The van der Waals surface area contributed by atoms with E-state index in [0.717, 1.165) is 11.2 Å². The molecule has 2 heterocycles. The van der Waals surface area contributed by atoms with Gasteiger partial charge in [0, 0.05) is 5.39 Å². The van der Waals surface area contributed by atoms with Crippen LogP contribution in [0.2, 0.25) is 0 Å². The molecule has 1 N–H and O–H groups in total. The van der Waals surface area contributed by atoms with E-state index in [1.807, 2.05) is 18.2 Å².